The first-order valence-electron chi connectivity index (χ1n) is 10.8. The fourth-order valence-corrected chi connectivity index (χ4v) is 4.24. The van der Waals surface area contributed by atoms with Crippen LogP contribution in [0.4, 0.5) is 4.79 Å². The lowest BCUT2D eigenvalue weighted by Gasteiger charge is -2.32. The molecular weight excluding hydrogens is 527 g/mol. The molecule has 2 rings (SSSR count). The molecule has 0 saturated carbocycles. The molecule has 1 unspecified atom stereocenters. The van der Waals surface area contributed by atoms with Crippen molar-refractivity contribution in [3.05, 3.63) is 24.3 Å². The van der Waals surface area contributed by atoms with Gasteiger partial charge in [0.05, 0.1) is 13.7 Å². The third kappa shape index (κ3) is 9.76. The first-order chi connectivity index (χ1) is 14.6. The summed E-state index contributed by atoms with van der Waals surface area (Å²) in [5, 5.41) is 6.87. The smallest absolute Gasteiger partial charge is 0.409 e. The van der Waals surface area contributed by atoms with Crippen molar-refractivity contribution < 1.29 is 14.3 Å². The average molecular weight is 565 g/mol. The molecule has 1 aromatic carbocycles. The number of nitrogens with zero attached hydrogens (tertiary/aromatic N) is 2. The van der Waals surface area contributed by atoms with Crippen LogP contribution < -0.4 is 15.4 Å². The predicted molar refractivity (Wildman–Crippen MR) is 139 cm³/mol. The largest absolute Gasteiger partial charge is 0.496 e. The van der Waals surface area contributed by atoms with Crippen LogP contribution in [-0.2, 0) is 4.74 Å². The van der Waals surface area contributed by atoms with Gasteiger partial charge in [-0.25, -0.2) is 4.79 Å². The van der Waals surface area contributed by atoms with Gasteiger partial charge in [0.25, 0.3) is 0 Å². The van der Waals surface area contributed by atoms with Crippen LogP contribution in [0.15, 0.2) is 34.2 Å². The zero-order valence-corrected chi connectivity index (χ0v) is 22.2. The standard InChI is InChI=1S/C22H36N4O3S.HI/c1-5-23-21(25-18-11-13-26(14-12-18)22(27)29-6-2)24-15-17(3)16-30-20-10-8-7-9-19(20)28-4;/h7-10,17-18H,5-6,11-16H2,1-4H3,(H2,23,24,25);1H. The van der Waals surface area contributed by atoms with Crippen molar-refractivity contribution in [3.63, 3.8) is 0 Å². The third-order valence-electron chi connectivity index (χ3n) is 4.86. The molecular formula is C22H37IN4O3S. The van der Waals surface area contributed by atoms with Gasteiger partial charge in [-0.1, -0.05) is 19.1 Å². The van der Waals surface area contributed by atoms with Gasteiger partial charge in [-0.15, -0.1) is 35.7 Å². The Balaban J connectivity index is 0.00000480. The van der Waals surface area contributed by atoms with Gasteiger partial charge in [0.15, 0.2) is 5.96 Å². The maximum Gasteiger partial charge on any atom is 0.409 e. The summed E-state index contributed by atoms with van der Waals surface area (Å²) in [5.41, 5.74) is 0. The zero-order valence-electron chi connectivity index (χ0n) is 19.1. The number of guanidine groups is 1. The van der Waals surface area contributed by atoms with Crippen LogP contribution in [0.5, 0.6) is 5.75 Å². The molecule has 1 fully saturated rings. The summed E-state index contributed by atoms with van der Waals surface area (Å²) < 4.78 is 10.5. The second-order valence-corrected chi connectivity index (χ2v) is 8.45. The Morgan fingerprint density at radius 1 is 1.29 bits per heavy atom. The van der Waals surface area contributed by atoms with Crippen LogP contribution >= 0.6 is 35.7 Å². The minimum atomic E-state index is -0.210. The Kier molecular flexibility index (Phi) is 13.8. The highest BCUT2D eigenvalue weighted by molar-refractivity contribution is 14.0. The number of amides is 1. The number of hydrogen-bond donors (Lipinski definition) is 2. The van der Waals surface area contributed by atoms with Gasteiger partial charge in [-0.2, -0.15) is 0 Å². The Morgan fingerprint density at radius 3 is 2.65 bits per heavy atom. The second kappa shape index (κ2) is 15.4. The number of methoxy groups -OCH3 is 1. The summed E-state index contributed by atoms with van der Waals surface area (Å²) in [6.07, 6.45) is 1.57. The summed E-state index contributed by atoms with van der Waals surface area (Å²) in [5.74, 6) is 3.17. The molecule has 0 aliphatic carbocycles. The van der Waals surface area contributed by atoms with Gasteiger partial charge in [0, 0.05) is 42.9 Å². The maximum atomic E-state index is 11.8. The van der Waals surface area contributed by atoms with E-state index in [0.717, 1.165) is 48.3 Å². The minimum absolute atomic E-state index is 0. The molecule has 7 nitrogen and oxygen atoms in total. The monoisotopic (exact) mass is 564 g/mol. The van der Waals surface area contributed by atoms with Gasteiger partial charge in [0.2, 0.25) is 0 Å². The zero-order chi connectivity index (χ0) is 21.8. The fourth-order valence-electron chi connectivity index (χ4n) is 3.20. The summed E-state index contributed by atoms with van der Waals surface area (Å²) in [4.78, 5) is 19.6. The van der Waals surface area contributed by atoms with Crippen molar-refractivity contribution in [1.82, 2.24) is 15.5 Å². The number of aliphatic imine (C=N–C) groups is 1. The van der Waals surface area contributed by atoms with Crippen LogP contribution in [0, 0.1) is 5.92 Å². The van der Waals surface area contributed by atoms with Crippen LogP contribution in [0.2, 0.25) is 0 Å². The van der Waals surface area contributed by atoms with Crippen molar-refractivity contribution >= 4 is 47.8 Å². The molecule has 1 aromatic rings. The number of piperidine rings is 1. The molecule has 176 valence electrons. The van der Waals surface area contributed by atoms with E-state index in [1.54, 1.807) is 23.8 Å². The van der Waals surface area contributed by atoms with E-state index >= 15 is 0 Å². The van der Waals surface area contributed by atoms with E-state index in [1.165, 1.54) is 0 Å². The number of nitrogens with one attached hydrogen (secondary N) is 2. The number of carbonyl (C=O) groups is 1. The van der Waals surface area contributed by atoms with Gasteiger partial charge >= 0.3 is 6.09 Å². The fraction of sp³-hybridized carbons (Fsp3) is 0.636. The Labute approximate surface area is 208 Å². The van der Waals surface area contributed by atoms with E-state index in [2.05, 4.69) is 30.5 Å². The highest BCUT2D eigenvalue weighted by atomic mass is 127. The third-order valence-corrected chi connectivity index (χ3v) is 6.24. The number of likely N-dealkylation sites (tertiary alicyclic amines) is 1. The predicted octanol–water partition coefficient (Wildman–Crippen LogP) is 4.22. The van der Waals surface area contributed by atoms with Crippen molar-refractivity contribution in [2.45, 2.75) is 44.6 Å². The van der Waals surface area contributed by atoms with Crippen molar-refractivity contribution in [2.75, 3.05) is 45.6 Å². The number of benzene rings is 1. The number of ether oxygens (including phenoxy) is 2. The van der Waals surface area contributed by atoms with E-state index < -0.39 is 0 Å². The van der Waals surface area contributed by atoms with E-state index in [4.69, 9.17) is 14.5 Å². The van der Waals surface area contributed by atoms with Crippen LogP contribution in [0.25, 0.3) is 0 Å². The first-order valence-corrected chi connectivity index (χ1v) is 11.8. The van der Waals surface area contributed by atoms with Gasteiger partial charge in [-0.3, -0.25) is 4.99 Å². The Morgan fingerprint density at radius 2 is 2.00 bits per heavy atom. The lowest BCUT2D eigenvalue weighted by molar-refractivity contribution is 0.0963. The van der Waals surface area contributed by atoms with Gasteiger partial charge < -0.3 is 25.0 Å². The topological polar surface area (TPSA) is 75.2 Å². The SMILES string of the molecule is CCNC(=NCC(C)CSc1ccccc1OC)NC1CCN(C(=O)OCC)CC1.I. The van der Waals surface area contributed by atoms with E-state index in [-0.39, 0.29) is 30.1 Å². The number of para-hydroxylation sites is 1. The molecule has 1 amide bonds. The highest BCUT2D eigenvalue weighted by Gasteiger charge is 2.24. The molecule has 1 atom stereocenters. The molecule has 1 saturated heterocycles. The maximum absolute atomic E-state index is 11.8. The van der Waals surface area contributed by atoms with E-state index in [0.29, 0.717) is 31.7 Å². The van der Waals surface area contributed by atoms with Crippen molar-refractivity contribution in [1.29, 1.82) is 0 Å². The van der Waals surface area contributed by atoms with Crippen molar-refractivity contribution in [3.8, 4) is 5.75 Å². The lowest BCUT2D eigenvalue weighted by Crippen LogP contribution is -2.50. The lowest BCUT2D eigenvalue weighted by atomic mass is 10.1. The Bertz CT molecular complexity index is 684. The molecule has 31 heavy (non-hydrogen) atoms. The molecule has 0 bridgehead atoms. The molecule has 1 aliphatic heterocycles. The first kappa shape index (κ1) is 27.7. The number of thioether (sulfide) groups is 1. The number of hydrogen-bond acceptors (Lipinski definition) is 5. The molecule has 0 radical (unpaired) electrons. The number of rotatable bonds is 9. The molecule has 1 heterocycles. The summed E-state index contributed by atoms with van der Waals surface area (Å²) in [7, 11) is 1.71. The van der Waals surface area contributed by atoms with Crippen LogP contribution in [0.3, 0.4) is 0 Å². The molecule has 1 aliphatic rings. The van der Waals surface area contributed by atoms with Gasteiger partial charge in [0.1, 0.15) is 5.75 Å². The van der Waals surface area contributed by atoms with Crippen LogP contribution in [0.1, 0.15) is 33.6 Å². The molecule has 2 N–H and O–H groups in total. The number of carbonyl (C=O) groups excluding carboxylic acids is 1. The summed E-state index contributed by atoms with van der Waals surface area (Å²) in [6.45, 7) is 9.53. The molecule has 0 spiro atoms. The highest BCUT2D eigenvalue weighted by Crippen LogP contribution is 2.30. The number of halogens is 1. The average Bonchev–Trinajstić information content (AvgIpc) is 2.77. The van der Waals surface area contributed by atoms with Crippen molar-refractivity contribution in [2.24, 2.45) is 10.9 Å². The molecule has 9 heteroatoms. The summed E-state index contributed by atoms with van der Waals surface area (Å²) in [6, 6.07) is 8.42. The minimum Gasteiger partial charge on any atom is -0.496 e. The van der Waals surface area contributed by atoms with Crippen LogP contribution in [-0.4, -0.2) is 68.6 Å². The molecule has 0 aromatic heterocycles. The van der Waals surface area contributed by atoms with E-state index in [1.807, 2.05) is 25.1 Å². The van der Waals surface area contributed by atoms with E-state index in [9.17, 15) is 4.79 Å². The quantitative estimate of drug-likeness (QED) is 0.203. The summed E-state index contributed by atoms with van der Waals surface area (Å²) >= 11 is 1.80. The normalized spacial score (nSPS) is 15.6. The Hall–Kier alpha value is -1.36. The van der Waals surface area contributed by atoms with Gasteiger partial charge in [-0.05, 0) is 44.7 Å². The second-order valence-electron chi connectivity index (χ2n) is 7.39.